The molecule has 1 aromatic heterocycles. The van der Waals surface area contributed by atoms with E-state index in [4.69, 9.17) is 9.72 Å². The summed E-state index contributed by atoms with van der Waals surface area (Å²) in [5.41, 5.74) is 1.79. The molecule has 1 atom stereocenters. The van der Waals surface area contributed by atoms with Crippen LogP contribution in [0.15, 0.2) is 58.5 Å². The van der Waals surface area contributed by atoms with Crippen LogP contribution in [0.25, 0.3) is 10.9 Å². The number of carbonyl (C=O) groups is 1. The minimum atomic E-state index is -0.0342. The predicted octanol–water partition coefficient (Wildman–Crippen LogP) is 4.88. The van der Waals surface area contributed by atoms with Crippen LogP contribution >= 0.6 is 11.8 Å². The Morgan fingerprint density at radius 2 is 1.85 bits per heavy atom. The topological polar surface area (TPSA) is 73.2 Å². The Morgan fingerprint density at radius 1 is 1.12 bits per heavy atom. The quantitative estimate of drug-likeness (QED) is 0.381. The second kappa shape index (κ2) is 9.59. The van der Waals surface area contributed by atoms with Crippen LogP contribution < -0.4 is 15.6 Å². The first-order chi connectivity index (χ1) is 16.1. The number of thioether (sulfide) groups is 1. The first-order valence-electron chi connectivity index (χ1n) is 11.7. The molecule has 0 saturated heterocycles. The number of carbonyl (C=O) groups excluding carboxylic acids is 1. The Labute approximate surface area is 197 Å². The molecular weight excluding hydrogens is 434 g/mol. The molecular formula is C26H29N3O3S. The summed E-state index contributed by atoms with van der Waals surface area (Å²) >= 11 is 1.37. The number of para-hydroxylation sites is 1. The van der Waals surface area contributed by atoms with Gasteiger partial charge in [-0.05, 0) is 61.4 Å². The number of fused-ring (bicyclic) bond motifs is 1. The number of aromatic nitrogens is 2. The van der Waals surface area contributed by atoms with Gasteiger partial charge in [-0.1, -0.05) is 48.9 Å². The number of amides is 1. The molecule has 2 aliphatic carbocycles. The van der Waals surface area contributed by atoms with Crippen LogP contribution in [0, 0.1) is 5.92 Å². The summed E-state index contributed by atoms with van der Waals surface area (Å²) in [6.07, 6.45) is 6.47. The summed E-state index contributed by atoms with van der Waals surface area (Å²) in [5.74, 6) is 1.48. The average molecular weight is 464 g/mol. The fraction of sp³-hybridized carbons (Fsp3) is 0.423. The smallest absolute Gasteiger partial charge is 0.262 e. The van der Waals surface area contributed by atoms with E-state index in [1.54, 1.807) is 7.11 Å². The lowest BCUT2D eigenvalue weighted by Gasteiger charge is -2.20. The van der Waals surface area contributed by atoms with Crippen molar-refractivity contribution < 1.29 is 9.53 Å². The molecule has 1 heterocycles. The third-order valence-corrected chi connectivity index (χ3v) is 7.64. The first kappa shape index (κ1) is 22.0. The van der Waals surface area contributed by atoms with Gasteiger partial charge in [0.25, 0.3) is 5.56 Å². The zero-order chi connectivity index (χ0) is 22.8. The lowest BCUT2D eigenvalue weighted by atomic mass is 10.0. The molecule has 0 aliphatic heterocycles. The molecule has 33 heavy (non-hydrogen) atoms. The Morgan fingerprint density at radius 3 is 2.55 bits per heavy atom. The second-order valence-corrected chi connectivity index (χ2v) is 9.91. The summed E-state index contributed by atoms with van der Waals surface area (Å²) in [5, 5.41) is 4.52. The van der Waals surface area contributed by atoms with E-state index in [-0.39, 0.29) is 29.3 Å². The van der Waals surface area contributed by atoms with Crippen molar-refractivity contribution in [1.29, 1.82) is 0 Å². The normalized spacial score (nSPS) is 17.2. The molecule has 0 radical (unpaired) electrons. The molecule has 2 saturated carbocycles. The minimum absolute atomic E-state index is 0.00416. The SMILES string of the molecule is COc1ccc(C(NC(=O)CSc2nc3ccccc3c(=O)n2C2CCCC2)C2CC2)cc1. The number of benzene rings is 2. The standard InChI is InChI=1S/C26H29N3O3S/c1-32-20-14-12-18(13-15-20)24(17-10-11-17)28-23(30)16-33-26-27-22-9-5-4-8-21(22)25(31)29(26)19-6-2-3-7-19/h4-5,8-9,12-15,17,19,24H,2-3,6-7,10-11,16H2,1H3,(H,28,30). The summed E-state index contributed by atoms with van der Waals surface area (Å²) in [6, 6.07) is 15.6. The van der Waals surface area contributed by atoms with Crippen LogP contribution in [0.1, 0.15) is 56.2 Å². The van der Waals surface area contributed by atoms with Crippen LogP contribution in [-0.2, 0) is 4.79 Å². The Hall–Kier alpha value is -2.80. The molecule has 7 heteroatoms. The molecule has 2 fully saturated rings. The number of hydrogen-bond donors (Lipinski definition) is 1. The van der Waals surface area contributed by atoms with Gasteiger partial charge in [0.15, 0.2) is 5.16 Å². The highest BCUT2D eigenvalue weighted by Crippen LogP contribution is 2.41. The van der Waals surface area contributed by atoms with E-state index in [1.807, 2.05) is 53.1 Å². The summed E-state index contributed by atoms with van der Waals surface area (Å²) in [7, 11) is 1.65. The van der Waals surface area contributed by atoms with Gasteiger partial charge < -0.3 is 10.1 Å². The predicted molar refractivity (Wildman–Crippen MR) is 131 cm³/mol. The zero-order valence-corrected chi connectivity index (χ0v) is 19.6. The van der Waals surface area contributed by atoms with Crippen molar-refractivity contribution in [2.75, 3.05) is 12.9 Å². The molecule has 172 valence electrons. The highest BCUT2D eigenvalue weighted by atomic mass is 32.2. The van der Waals surface area contributed by atoms with Crippen LogP contribution in [0.2, 0.25) is 0 Å². The molecule has 3 aromatic rings. The van der Waals surface area contributed by atoms with Gasteiger partial charge in [-0.25, -0.2) is 4.98 Å². The number of nitrogens with one attached hydrogen (secondary N) is 1. The first-order valence-corrected chi connectivity index (χ1v) is 12.7. The maximum atomic E-state index is 13.3. The van der Waals surface area contributed by atoms with Gasteiger partial charge in [0.05, 0.1) is 29.8 Å². The van der Waals surface area contributed by atoms with E-state index >= 15 is 0 Å². The Balaban J connectivity index is 1.34. The van der Waals surface area contributed by atoms with E-state index in [1.165, 1.54) is 11.8 Å². The Kier molecular flexibility index (Phi) is 6.40. The van der Waals surface area contributed by atoms with Gasteiger partial charge in [0, 0.05) is 6.04 Å². The van der Waals surface area contributed by atoms with Crippen LogP contribution in [0.5, 0.6) is 5.75 Å². The van der Waals surface area contributed by atoms with Gasteiger partial charge >= 0.3 is 0 Å². The number of methoxy groups -OCH3 is 1. The maximum absolute atomic E-state index is 13.3. The van der Waals surface area contributed by atoms with Gasteiger partial charge in [-0.15, -0.1) is 0 Å². The van der Waals surface area contributed by atoms with Crippen LogP contribution in [0.4, 0.5) is 0 Å². The van der Waals surface area contributed by atoms with Crippen molar-refractivity contribution in [3.8, 4) is 5.75 Å². The lowest BCUT2D eigenvalue weighted by molar-refractivity contribution is -0.119. The maximum Gasteiger partial charge on any atom is 0.262 e. The largest absolute Gasteiger partial charge is 0.497 e. The number of rotatable bonds is 8. The highest BCUT2D eigenvalue weighted by Gasteiger charge is 2.33. The van der Waals surface area contributed by atoms with E-state index in [2.05, 4.69) is 5.32 Å². The second-order valence-electron chi connectivity index (χ2n) is 8.97. The van der Waals surface area contributed by atoms with Gasteiger partial charge in [-0.2, -0.15) is 0 Å². The monoisotopic (exact) mass is 463 g/mol. The fourth-order valence-corrected chi connectivity index (χ4v) is 5.65. The Bertz CT molecular complexity index is 1200. The van der Waals surface area contributed by atoms with Crippen molar-refractivity contribution in [3.63, 3.8) is 0 Å². The van der Waals surface area contributed by atoms with Crippen LogP contribution in [0.3, 0.4) is 0 Å². The summed E-state index contributed by atoms with van der Waals surface area (Å²) < 4.78 is 7.10. The molecule has 1 unspecified atom stereocenters. The third-order valence-electron chi connectivity index (χ3n) is 6.68. The van der Waals surface area contributed by atoms with E-state index < -0.39 is 0 Å². The minimum Gasteiger partial charge on any atom is -0.497 e. The van der Waals surface area contributed by atoms with Crippen molar-refractivity contribution in [3.05, 3.63) is 64.4 Å². The van der Waals surface area contributed by atoms with Crippen molar-refractivity contribution in [2.45, 2.75) is 55.8 Å². The summed E-state index contributed by atoms with van der Waals surface area (Å²) in [6.45, 7) is 0. The van der Waals surface area contributed by atoms with Crippen molar-refractivity contribution >= 4 is 28.6 Å². The number of ether oxygens (including phenoxy) is 1. The fourth-order valence-electron chi connectivity index (χ4n) is 4.77. The van der Waals surface area contributed by atoms with Crippen molar-refractivity contribution in [1.82, 2.24) is 14.9 Å². The molecule has 6 nitrogen and oxygen atoms in total. The molecule has 0 bridgehead atoms. The van der Waals surface area contributed by atoms with E-state index in [0.717, 1.165) is 49.8 Å². The molecule has 1 N–H and O–H groups in total. The summed E-state index contributed by atoms with van der Waals surface area (Å²) in [4.78, 5) is 31.0. The third kappa shape index (κ3) is 4.78. The van der Waals surface area contributed by atoms with Crippen LogP contribution in [-0.4, -0.2) is 28.3 Å². The molecule has 5 rings (SSSR count). The molecule has 0 spiro atoms. The number of hydrogen-bond acceptors (Lipinski definition) is 5. The van der Waals surface area contributed by atoms with E-state index in [0.29, 0.717) is 22.0 Å². The zero-order valence-electron chi connectivity index (χ0n) is 18.8. The van der Waals surface area contributed by atoms with E-state index in [9.17, 15) is 9.59 Å². The van der Waals surface area contributed by atoms with Gasteiger partial charge in [0.1, 0.15) is 5.75 Å². The van der Waals surface area contributed by atoms with Crippen molar-refractivity contribution in [2.24, 2.45) is 5.92 Å². The van der Waals surface area contributed by atoms with Gasteiger partial charge in [-0.3, -0.25) is 14.2 Å². The number of nitrogens with zero attached hydrogens (tertiary/aromatic N) is 2. The molecule has 2 aromatic carbocycles. The average Bonchev–Trinajstić information content (AvgIpc) is 3.55. The van der Waals surface area contributed by atoms with Gasteiger partial charge in [0.2, 0.25) is 5.91 Å². The highest BCUT2D eigenvalue weighted by molar-refractivity contribution is 7.99. The lowest BCUT2D eigenvalue weighted by Crippen LogP contribution is -2.32. The molecule has 2 aliphatic rings. The molecule has 1 amide bonds.